The molecule has 0 aliphatic heterocycles. The number of rotatable bonds is 6. The topological polar surface area (TPSA) is 87.9 Å². The Morgan fingerprint density at radius 1 is 1.13 bits per heavy atom. The van der Waals surface area contributed by atoms with Crippen LogP contribution in [0.25, 0.3) is 0 Å². The molecular weight excluding hydrogens is 302 g/mol. The second-order valence-electron chi connectivity index (χ2n) is 4.67. The highest BCUT2D eigenvalue weighted by atomic mass is 16.6. The van der Waals surface area contributed by atoms with Crippen LogP contribution in [0.5, 0.6) is 17.2 Å². The van der Waals surface area contributed by atoms with Crippen LogP contribution in [0.4, 0.5) is 5.69 Å². The van der Waals surface area contributed by atoms with E-state index in [2.05, 4.69) is 0 Å². The molecule has 0 bridgehead atoms. The van der Waals surface area contributed by atoms with E-state index in [1.807, 2.05) is 19.1 Å². The van der Waals surface area contributed by atoms with Crippen molar-refractivity contribution in [3.05, 3.63) is 58.1 Å². The molecule has 0 N–H and O–H groups in total. The summed E-state index contributed by atoms with van der Waals surface area (Å²) >= 11 is 0. The Morgan fingerprint density at radius 3 is 2.39 bits per heavy atom. The zero-order valence-corrected chi connectivity index (χ0v) is 12.6. The second kappa shape index (κ2) is 7.26. The van der Waals surface area contributed by atoms with Crippen molar-refractivity contribution in [2.75, 3.05) is 13.7 Å². The predicted octanol–water partition coefficient (Wildman–Crippen LogP) is 2.90. The first-order valence-corrected chi connectivity index (χ1v) is 6.72. The van der Waals surface area contributed by atoms with Gasteiger partial charge in [0.05, 0.1) is 18.1 Å². The average molecular weight is 317 g/mol. The molecule has 7 heteroatoms. The smallest absolute Gasteiger partial charge is 0.349 e. The highest BCUT2D eigenvalue weighted by molar-refractivity contribution is 5.75. The number of carbonyl (C=O) groups excluding carboxylic acids is 1. The molecule has 2 aromatic rings. The van der Waals surface area contributed by atoms with Gasteiger partial charge in [0, 0.05) is 0 Å². The summed E-state index contributed by atoms with van der Waals surface area (Å²) in [6.07, 6.45) is 0. The van der Waals surface area contributed by atoms with Gasteiger partial charge in [-0.15, -0.1) is 0 Å². The van der Waals surface area contributed by atoms with Crippen LogP contribution in [0.2, 0.25) is 0 Å². The van der Waals surface area contributed by atoms with Crippen LogP contribution in [-0.2, 0) is 4.79 Å². The van der Waals surface area contributed by atoms with E-state index in [0.29, 0.717) is 11.5 Å². The molecule has 120 valence electrons. The monoisotopic (exact) mass is 317 g/mol. The highest BCUT2D eigenvalue weighted by Crippen LogP contribution is 2.31. The van der Waals surface area contributed by atoms with Gasteiger partial charge in [-0.05, 0) is 31.2 Å². The molecule has 0 aromatic heterocycles. The average Bonchev–Trinajstić information content (AvgIpc) is 2.54. The summed E-state index contributed by atoms with van der Waals surface area (Å²) in [5, 5.41) is 11.0. The van der Waals surface area contributed by atoms with E-state index < -0.39 is 10.9 Å². The summed E-state index contributed by atoms with van der Waals surface area (Å²) in [4.78, 5) is 22.1. The number of ether oxygens (including phenoxy) is 3. The molecule has 2 rings (SSSR count). The fourth-order valence-electron chi connectivity index (χ4n) is 1.78. The van der Waals surface area contributed by atoms with Crippen LogP contribution in [0.3, 0.4) is 0 Å². The van der Waals surface area contributed by atoms with E-state index in [4.69, 9.17) is 14.2 Å². The second-order valence-corrected chi connectivity index (χ2v) is 4.67. The molecule has 0 saturated carbocycles. The summed E-state index contributed by atoms with van der Waals surface area (Å²) in [5.74, 6) is -0.0867. The molecule has 0 saturated heterocycles. The summed E-state index contributed by atoms with van der Waals surface area (Å²) in [6, 6.07) is 11.1. The Bertz CT molecular complexity index is 711. The fraction of sp³-hybridized carbons (Fsp3) is 0.188. The standard InChI is InChI=1S/C16H15NO6/c1-11-3-5-12(6-4-11)22-10-16(18)23-15-8-7-13(21-2)9-14(15)17(19)20/h3-9H,10H2,1-2H3. The number of aryl methyl sites for hydroxylation is 1. The normalized spacial score (nSPS) is 10.0. The van der Waals surface area contributed by atoms with Crippen LogP contribution in [0.15, 0.2) is 42.5 Å². The molecule has 0 aliphatic carbocycles. The number of esters is 1. The SMILES string of the molecule is COc1ccc(OC(=O)COc2ccc(C)cc2)c([N+](=O)[O-])c1. The maximum Gasteiger partial charge on any atom is 0.349 e. The molecular formula is C16H15NO6. The number of nitro benzene ring substituents is 1. The maximum atomic E-state index is 11.8. The van der Waals surface area contributed by atoms with Crippen molar-refractivity contribution < 1.29 is 23.9 Å². The molecule has 2 aromatic carbocycles. The minimum absolute atomic E-state index is 0.159. The van der Waals surface area contributed by atoms with Crippen LogP contribution >= 0.6 is 0 Å². The fourth-order valence-corrected chi connectivity index (χ4v) is 1.78. The van der Waals surface area contributed by atoms with E-state index in [1.165, 1.54) is 25.3 Å². The van der Waals surface area contributed by atoms with Gasteiger partial charge in [0.2, 0.25) is 5.75 Å². The first-order valence-electron chi connectivity index (χ1n) is 6.72. The summed E-state index contributed by atoms with van der Waals surface area (Å²) in [5.41, 5.74) is 0.710. The minimum Gasteiger partial charge on any atom is -0.496 e. The van der Waals surface area contributed by atoms with Crippen LogP contribution < -0.4 is 14.2 Å². The Kier molecular flexibility index (Phi) is 5.14. The van der Waals surface area contributed by atoms with Crippen molar-refractivity contribution in [1.82, 2.24) is 0 Å². The van der Waals surface area contributed by atoms with Gasteiger partial charge in [0.1, 0.15) is 11.5 Å². The lowest BCUT2D eigenvalue weighted by Crippen LogP contribution is -2.18. The highest BCUT2D eigenvalue weighted by Gasteiger charge is 2.19. The van der Waals surface area contributed by atoms with Crippen molar-refractivity contribution in [3.63, 3.8) is 0 Å². The number of benzene rings is 2. The van der Waals surface area contributed by atoms with Crippen molar-refractivity contribution >= 4 is 11.7 Å². The molecule has 7 nitrogen and oxygen atoms in total. The van der Waals surface area contributed by atoms with Crippen molar-refractivity contribution in [1.29, 1.82) is 0 Å². The first kappa shape index (κ1) is 16.3. The lowest BCUT2D eigenvalue weighted by molar-refractivity contribution is -0.385. The van der Waals surface area contributed by atoms with Crippen LogP contribution in [-0.4, -0.2) is 24.6 Å². The molecule has 0 aliphatic rings. The number of hydrogen-bond donors (Lipinski definition) is 0. The molecule has 0 unspecified atom stereocenters. The molecule has 0 fully saturated rings. The number of hydrogen-bond acceptors (Lipinski definition) is 6. The lowest BCUT2D eigenvalue weighted by Gasteiger charge is -2.08. The van der Waals surface area contributed by atoms with Gasteiger partial charge in [-0.2, -0.15) is 0 Å². The Hall–Kier alpha value is -3.09. The molecule has 0 radical (unpaired) electrons. The van der Waals surface area contributed by atoms with Crippen molar-refractivity contribution in [3.8, 4) is 17.2 Å². The van der Waals surface area contributed by atoms with E-state index in [9.17, 15) is 14.9 Å². The third-order valence-corrected chi connectivity index (χ3v) is 2.96. The summed E-state index contributed by atoms with van der Waals surface area (Å²) in [6.45, 7) is 1.58. The Labute approximate surface area is 132 Å². The van der Waals surface area contributed by atoms with Crippen molar-refractivity contribution in [2.45, 2.75) is 6.92 Å². The largest absolute Gasteiger partial charge is 0.496 e. The third-order valence-electron chi connectivity index (χ3n) is 2.96. The maximum absolute atomic E-state index is 11.8. The zero-order valence-electron chi connectivity index (χ0n) is 12.6. The zero-order chi connectivity index (χ0) is 16.8. The molecule has 0 heterocycles. The summed E-state index contributed by atoms with van der Waals surface area (Å²) < 4.78 is 15.2. The number of carbonyl (C=O) groups is 1. The Morgan fingerprint density at radius 2 is 1.78 bits per heavy atom. The van der Waals surface area contributed by atoms with Gasteiger partial charge in [-0.25, -0.2) is 4.79 Å². The minimum atomic E-state index is -0.737. The van der Waals surface area contributed by atoms with Gasteiger partial charge < -0.3 is 14.2 Å². The van der Waals surface area contributed by atoms with Crippen molar-refractivity contribution in [2.24, 2.45) is 0 Å². The molecule has 0 amide bonds. The van der Waals surface area contributed by atoms with E-state index in [-0.39, 0.29) is 18.0 Å². The predicted molar refractivity (Wildman–Crippen MR) is 82.0 cm³/mol. The van der Waals surface area contributed by atoms with Gasteiger partial charge in [-0.1, -0.05) is 17.7 Å². The van der Waals surface area contributed by atoms with Gasteiger partial charge in [0.25, 0.3) is 0 Å². The lowest BCUT2D eigenvalue weighted by atomic mass is 10.2. The molecule has 0 spiro atoms. The molecule has 0 atom stereocenters. The number of methoxy groups -OCH3 is 1. The first-order chi connectivity index (χ1) is 11.0. The summed E-state index contributed by atoms with van der Waals surface area (Å²) in [7, 11) is 1.39. The Balaban J connectivity index is 2.02. The third kappa shape index (κ3) is 4.44. The van der Waals surface area contributed by atoms with E-state index in [1.54, 1.807) is 12.1 Å². The van der Waals surface area contributed by atoms with Crippen LogP contribution in [0.1, 0.15) is 5.56 Å². The van der Waals surface area contributed by atoms with Gasteiger partial charge >= 0.3 is 11.7 Å². The molecule has 23 heavy (non-hydrogen) atoms. The quantitative estimate of drug-likeness (QED) is 0.352. The number of nitrogens with zero attached hydrogens (tertiary/aromatic N) is 1. The van der Waals surface area contributed by atoms with Gasteiger partial charge in [0.15, 0.2) is 6.61 Å². The number of nitro groups is 1. The van der Waals surface area contributed by atoms with E-state index in [0.717, 1.165) is 5.56 Å². The van der Waals surface area contributed by atoms with Crippen LogP contribution in [0, 0.1) is 17.0 Å². The van der Waals surface area contributed by atoms with Gasteiger partial charge in [-0.3, -0.25) is 10.1 Å². The van der Waals surface area contributed by atoms with E-state index >= 15 is 0 Å².